The Bertz CT molecular complexity index is 526. The Labute approximate surface area is 120 Å². The molecule has 0 spiro atoms. The number of hydrogen-bond acceptors (Lipinski definition) is 3. The molecule has 106 valence electrons. The van der Waals surface area contributed by atoms with Crippen molar-refractivity contribution in [1.82, 2.24) is 0 Å². The van der Waals surface area contributed by atoms with Gasteiger partial charge in [0.05, 0.1) is 12.7 Å². The van der Waals surface area contributed by atoms with Crippen LogP contribution < -0.4 is 4.90 Å². The fourth-order valence-corrected chi connectivity index (χ4v) is 2.34. The lowest BCUT2D eigenvalue weighted by Crippen LogP contribution is -2.27. The molecule has 0 fully saturated rings. The summed E-state index contributed by atoms with van der Waals surface area (Å²) in [6.45, 7) is 3.10. The summed E-state index contributed by atoms with van der Waals surface area (Å²) >= 11 is 0. The van der Waals surface area contributed by atoms with Gasteiger partial charge in [-0.05, 0) is 18.6 Å². The summed E-state index contributed by atoms with van der Waals surface area (Å²) in [6, 6.07) is 17.9. The summed E-state index contributed by atoms with van der Waals surface area (Å²) in [5.74, 6) is 0. The molecule has 0 amide bonds. The van der Waals surface area contributed by atoms with Gasteiger partial charge in [-0.1, -0.05) is 48.5 Å². The average molecular weight is 271 g/mol. The van der Waals surface area contributed by atoms with E-state index >= 15 is 0 Å². The first kappa shape index (κ1) is 14.6. The summed E-state index contributed by atoms with van der Waals surface area (Å²) < 4.78 is 0. The Morgan fingerprint density at radius 3 is 2.30 bits per heavy atom. The lowest BCUT2D eigenvalue weighted by atomic mass is 10.1. The molecule has 0 unspecified atom stereocenters. The minimum absolute atomic E-state index is 0.0843. The van der Waals surface area contributed by atoms with Crippen molar-refractivity contribution >= 4 is 5.69 Å². The van der Waals surface area contributed by atoms with Gasteiger partial charge in [-0.2, -0.15) is 0 Å². The van der Waals surface area contributed by atoms with Crippen LogP contribution in [0.25, 0.3) is 0 Å². The summed E-state index contributed by atoms with van der Waals surface area (Å²) in [6.07, 6.45) is -0.525. The highest BCUT2D eigenvalue weighted by Gasteiger charge is 2.13. The lowest BCUT2D eigenvalue weighted by molar-refractivity contribution is 0.199. The second-order valence-electron chi connectivity index (χ2n) is 4.87. The smallest absolute Gasteiger partial charge is 0.0781 e. The van der Waals surface area contributed by atoms with Crippen LogP contribution in [0.2, 0.25) is 0 Å². The van der Waals surface area contributed by atoms with E-state index in [1.807, 2.05) is 42.5 Å². The molecule has 1 atom stereocenters. The maximum absolute atomic E-state index is 9.90. The molecule has 20 heavy (non-hydrogen) atoms. The van der Waals surface area contributed by atoms with Gasteiger partial charge in [-0.25, -0.2) is 0 Å². The van der Waals surface area contributed by atoms with Crippen LogP contribution in [-0.4, -0.2) is 23.4 Å². The fraction of sp³-hybridized carbons (Fsp3) is 0.294. The molecule has 0 aromatic heterocycles. The largest absolute Gasteiger partial charge is 0.395 e. The third-order valence-corrected chi connectivity index (χ3v) is 3.31. The molecule has 3 nitrogen and oxygen atoms in total. The van der Waals surface area contributed by atoms with Gasteiger partial charge in [0.25, 0.3) is 0 Å². The number of aliphatic hydroxyl groups is 2. The number of benzene rings is 2. The number of rotatable bonds is 6. The van der Waals surface area contributed by atoms with Gasteiger partial charge in [-0.3, -0.25) is 0 Å². The third-order valence-electron chi connectivity index (χ3n) is 3.31. The van der Waals surface area contributed by atoms with Crippen LogP contribution in [0.3, 0.4) is 0 Å². The summed E-state index contributed by atoms with van der Waals surface area (Å²) in [5, 5.41) is 19.2. The van der Waals surface area contributed by atoms with Crippen molar-refractivity contribution < 1.29 is 10.2 Å². The number of aliphatic hydroxyl groups excluding tert-OH is 2. The minimum atomic E-state index is -0.525. The molecule has 2 aromatic rings. The maximum atomic E-state index is 9.90. The highest BCUT2D eigenvalue weighted by atomic mass is 16.3. The van der Waals surface area contributed by atoms with Gasteiger partial charge in [0.2, 0.25) is 0 Å². The molecule has 0 aliphatic carbocycles. The number of nitrogens with zero attached hydrogens (tertiary/aromatic N) is 1. The van der Waals surface area contributed by atoms with E-state index in [1.54, 1.807) is 6.92 Å². The molecular weight excluding hydrogens is 250 g/mol. The normalized spacial score (nSPS) is 12.2. The Morgan fingerprint density at radius 2 is 1.65 bits per heavy atom. The zero-order valence-electron chi connectivity index (χ0n) is 11.7. The molecule has 0 saturated heterocycles. The molecular formula is C17H21NO2. The molecule has 0 aliphatic rings. The highest BCUT2D eigenvalue weighted by Crippen LogP contribution is 2.27. The van der Waals surface area contributed by atoms with Crippen molar-refractivity contribution in [2.75, 3.05) is 18.1 Å². The zero-order valence-corrected chi connectivity index (χ0v) is 11.7. The summed E-state index contributed by atoms with van der Waals surface area (Å²) in [4.78, 5) is 2.09. The third kappa shape index (κ3) is 3.59. The average Bonchev–Trinajstić information content (AvgIpc) is 2.48. The van der Waals surface area contributed by atoms with Gasteiger partial charge in [0.1, 0.15) is 0 Å². The molecule has 0 aliphatic heterocycles. The SMILES string of the molecule is C[C@@H](O)c1ccccc1N(CCO)Cc1ccccc1. The van der Waals surface area contributed by atoms with Crippen molar-refractivity contribution in [2.45, 2.75) is 19.6 Å². The zero-order chi connectivity index (χ0) is 14.4. The maximum Gasteiger partial charge on any atom is 0.0781 e. The number of anilines is 1. The lowest BCUT2D eigenvalue weighted by Gasteiger charge is -2.27. The van der Waals surface area contributed by atoms with Crippen LogP contribution in [0.5, 0.6) is 0 Å². The van der Waals surface area contributed by atoms with E-state index in [1.165, 1.54) is 5.56 Å². The van der Waals surface area contributed by atoms with Crippen molar-refractivity contribution in [2.24, 2.45) is 0 Å². The quantitative estimate of drug-likeness (QED) is 0.849. The van der Waals surface area contributed by atoms with Gasteiger partial charge in [-0.15, -0.1) is 0 Å². The van der Waals surface area contributed by atoms with Crippen LogP contribution in [-0.2, 0) is 6.54 Å². The van der Waals surface area contributed by atoms with Crippen molar-refractivity contribution in [3.8, 4) is 0 Å². The topological polar surface area (TPSA) is 43.7 Å². The van der Waals surface area contributed by atoms with Gasteiger partial charge >= 0.3 is 0 Å². The molecule has 0 radical (unpaired) electrons. The monoisotopic (exact) mass is 271 g/mol. The Balaban J connectivity index is 2.29. The molecule has 2 rings (SSSR count). The highest BCUT2D eigenvalue weighted by molar-refractivity contribution is 5.55. The van der Waals surface area contributed by atoms with E-state index in [0.717, 1.165) is 11.3 Å². The van der Waals surface area contributed by atoms with E-state index in [2.05, 4.69) is 17.0 Å². The van der Waals surface area contributed by atoms with Gasteiger partial charge in [0, 0.05) is 24.3 Å². The van der Waals surface area contributed by atoms with Crippen LogP contribution in [0.1, 0.15) is 24.2 Å². The first-order chi connectivity index (χ1) is 9.72. The number of para-hydroxylation sites is 1. The van der Waals surface area contributed by atoms with Crippen LogP contribution in [0, 0.1) is 0 Å². The predicted molar refractivity (Wildman–Crippen MR) is 81.7 cm³/mol. The molecule has 0 bridgehead atoms. The summed E-state index contributed by atoms with van der Waals surface area (Å²) in [5.41, 5.74) is 3.04. The second kappa shape index (κ2) is 7.08. The molecule has 0 saturated carbocycles. The van der Waals surface area contributed by atoms with Crippen LogP contribution >= 0.6 is 0 Å². The number of hydrogen-bond donors (Lipinski definition) is 2. The first-order valence-corrected chi connectivity index (χ1v) is 6.89. The first-order valence-electron chi connectivity index (χ1n) is 6.89. The van der Waals surface area contributed by atoms with Crippen LogP contribution in [0.15, 0.2) is 54.6 Å². The van der Waals surface area contributed by atoms with E-state index in [9.17, 15) is 10.2 Å². The second-order valence-corrected chi connectivity index (χ2v) is 4.87. The van der Waals surface area contributed by atoms with Crippen molar-refractivity contribution in [1.29, 1.82) is 0 Å². The van der Waals surface area contributed by atoms with Crippen molar-refractivity contribution in [3.63, 3.8) is 0 Å². The minimum Gasteiger partial charge on any atom is -0.395 e. The Kier molecular flexibility index (Phi) is 5.16. The summed E-state index contributed by atoms with van der Waals surface area (Å²) in [7, 11) is 0. The molecule has 3 heteroatoms. The molecule has 0 heterocycles. The van der Waals surface area contributed by atoms with E-state index in [4.69, 9.17) is 0 Å². The van der Waals surface area contributed by atoms with Gasteiger partial charge in [0.15, 0.2) is 0 Å². The predicted octanol–water partition coefficient (Wildman–Crippen LogP) is 2.74. The Hall–Kier alpha value is -1.84. The van der Waals surface area contributed by atoms with E-state index < -0.39 is 6.10 Å². The fourth-order valence-electron chi connectivity index (χ4n) is 2.34. The van der Waals surface area contributed by atoms with Crippen LogP contribution in [0.4, 0.5) is 5.69 Å². The van der Waals surface area contributed by atoms with E-state index in [-0.39, 0.29) is 6.61 Å². The standard InChI is InChI=1S/C17H21NO2/c1-14(20)16-9-5-6-10-17(16)18(11-12-19)13-15-7-3-2-4-8-15/h2-10,14,19-20H,11-13H2,1H3/t14-/m1/s1. The van der Waals surface area contributed by atoms with E-state index in [0.29, 0.717) is 13.1 Å². The van der Waals surface area contributed by atoms with Crippen molar-refractivity contribution in [3.05, 3.63) is 65.7 Å². The van der Waals surface area contributed by atoms with Gasteiger partial charge < -0.3 is 15.1 Å². The molecule has 2 N–H and O–H groups in total. The Morgan fingerprint density at radius 1 is 1.00 bits per heavy atom. The molecule has 2 aromatic carbocycles.